The van der Waals surface area contributed by atoms with Gasteiger partial charge in [0.15, 0.2) is 0 Å². The number of rotatable bonds is 4. The molecular weight excluding hydrogens is 375 g/mol. The first-order valence-electron chi connectivity index (χ1n) is 5.73. The van der Waals surface area contributed by atoms with Crippen molar-refractivity contribution in [1.29, 1.82) is 0 Å². The molecule has 4 nitrogen and oxygen atoms in total. The van der Waals surface area contributed by atoms with Crippen molar-refractivity contribution in [2.24, 2.45) is 0 Å². The molecule has 0 unspecified atom stereocenters. The number of aromatic nitrogens is 1. The molecule has 0 bridgehead atoms. The minimum atomic E-state index is -0.152. The third-order valence-electron chi connectivity index (χ3n) is 2.20. The van der Waals surface area contributed by atoms with Crippen molar-refractivity contribution in [3.05, 3.63) is 38.2 Å². The van der Waals surface area contributed by atoms with Crippen molar-refractivity contribution in [2.75, 3.05) is 5.32 Å². The van der Waals surface area contributed by atoms with Crippen LogP contribution in [0.3, 0.4) is 0 Å². The van der Waals surface area contributed by atoms with Crippen LogP contribution >= 0.6 is 33.9 Å². The van der Waals surface area contributed by atoms with Crippen LogP contribution in [0.25, 0.3) is 0 Å². The number of nitrogens with one attached hydrogen (secondary N) is 1. The Morgan fingerprint density at radius 2 is 2.32 bits per heavy atom. The van der Waals surface area contributed by atoms with Crippen molar-refractivity contribution < 1.29 is 9.53 Å². The standard InChI is InChI=1S/C13H13IN2O2S/c1-8(2)18-13-10(4-3-5-15-13)16-12(17)9-6-11(14)19-7-9/h3-8H,1-2H3,(H,16,17). The molecule has 0 spiro atoms. The highest BCUT2D eigenvalue weighted by atomic mass is 127. The maximum Gasteiger partial charge on any atom is 0.256 e. The van der Waals surface area contributed by atoms with E-state index in [0.717, 1.165) is 2.88 Å². The van der Waals surface area contributed by atoms with Crippen molar-refractivity contribution >= 4 is 45.5 Å². The molecule has 2 aromatic rings. The van der Waals surface area contributed by atoms with Crippen LogP contribution in [0.4, 0.5) is 5.69 Å². The number of nitrogens with zero attached hydrogens (tertiary/aromatic N) is 1. The summed E-state index contributed by atoms with van der Waals surface area (Å²) in [6.07, 6.45) is 1.65. The fraction of sp³-hybridized carbons (Fsp3) is 0.231. The summed E-state index contributed by atoms with van der Waals surface area (Å²) in [7, 11) is 0. The number of halogens is 1. The zero-order valence-corrected chi connectivity index (χ0v) is 13.5. The molecule has 0 aliphatic carbocycles. The predicted molar refractivity (Wildman–Crippen MR) is 85.0 cm³/mol. The fourth-order valence-electron chi connectivity index (χ4n) is 1.43. The summed E-state index contributed by atoms with van der Waals surface area (Å²) >= 11 is 3.73. The number of hydrogen-bond donors (Lipinski definition) is 1. The lowest BCUT2D eigenvalue weighted by Gasteiger charge is -2.13. The van der Waals surface area contributed by atoms with E-state index in [1.165, 1.54) is 11.3 Å². The van der Waals surface area contributed by atoms with Crippen LogP contribution in [0.1, 0.15) is 24.2 Å². The topological polar surface area (TPSA) is 51.2 Å². The maximum absolute atomic E-state index is 12.1. The van der Waals surface area contributed by atoms with Crippen molar-refractivity contribution in [2.45, 2.75) is 20.0 Å². The molecule has 19 heavy (non-hydrogen) atoms. The smallest absolute Gasteiger partial charge is 0.256 e. The van der Waals surface area contributed by atoms with E-state index in [1.807, 2.05) is 25.3 Å². The van der Waals surface area contributed by atoms with Gasteiger partial charge in [-0.05, 0) is 54.6 Å². The predicted octanol–water partition coefficient (Wildman–Crippen LogP) is 3.79. The van der Waals surface area contributed by atoms with Gasteiger partial charge in [0.25, 0.3) is 5.91 Å². The lowest BCUT2D eigenvalue weighted by molar-refractivity contribution is 0.102. The Kier molecular flexibility index (Phi) is 4.76. The number of carbonyl (C=O) groups excluding carboxylic acids is 1. The molecule has 1 amide bonds. The number of anilines is 1. The minimum absolute atomic E-state index is 0.00708. The summed E-state index contributed by atoms with van der Waals surface area (Å²) in [5.41, 5.74) is 1.23. The second-order valence-corrected chi connectivity index (χ2v) is 6.92. The zero-order valence-electron chi connectivity index (χ0n) is 10.5. The highest BCUT2D eigenvalue weighted by molar-refractivity contribution is 14.1. The van der Waals surface area contributed by atoms with Gasteiger partial charge < -0.3 is 10.1 Å². The van der Waals surface area contributed by atoms with Crippen LogP contribution in [0.5, 0.6) is 5.88 Å². The third kappa shape index (κ3) is 3.90. The molecule has 0 fully saturated rings. The van der Waals surface area contributed by atoms with Crippen LogP contribution in [-0.2, 0) is 0 Å². The van der Waals surface area contributed by atoms with Crippen LogP contribution in [0.15, 0.2) is 29.8 Å². The molecule has 0 saturated carbocycles. The average molecular weight is 388 g/mol. The van der Waals surface area contributed by atoms with E-state index in [9.17, 15) is 4.79 Å². The SMILES string of the molecule is CC(C)Oc1ncccc1NC(=O)c1csc(I)c1. The highest BCUT2D eigenvalue weighted by Gasteiger charge is 2.12. The molecule has 0 radical (unpaired) electrons. The van der Waals surface area contributed by atoms with Crippen molar-refractivity contribution in [3.63, 3.8) is 0 Å². The van der Waals surface area contributed by atoms with Crippen LogP contribution in [0.2, 0.25) is 0 Å². The summed E-state index contributed by atoms with van der Waals surface area (Å²) in [6, 6.07) is 5.39. The Bertz CT molecular complexity index is 584. The zero-order chi connectivity index (χ0) is 13.8. The van der Waals surface area contributed by atoms with Gasteiger partial charge in [-0.25, -0.2) is 4.98 Å². The molecule has 2 rings (SSSR count). The van der Waals surface area contributed by atoms with Gasteiger partial charge in [-0.2, -0.15) is 0 Å². The normalized spacial score (nSPS) is 10.5. The summed E-state index contributed by atoms with van der Waals surface area (Å²) in [5, 5.41) is 4.65. The van der Waals surface area contributed by atoms with Gasteiger partial charge in [0.1, 0.15) is 5.69 Å². The summed E-state index contributed by atoms with van der Waals surface area (Å²) in [5.74, 6) is 0.288. The Hall–Kier alpha value is -1.15. The van der Waals surface area contributed by atoms with E-state index in [4.69, 9.17) is 4.74 Å². The number of amides is 1. The lowest BCUT2D eigenvalue weighted by atomic mass is 10.3. The maximum atomic E-state index is 12.1. The van der Waals surface area contributed by atoms with Gasteiger partial charge in [0, 0.05) is 11.6 Å². The summed E-state index contributed by atoms with van der Waals surface area (Å²) in [6.45, 7) is 3.84. The second-order valence-electron chi connectivity index (χ2n) is 4.12. The van der Waals surface area contributed by atoms with Crippen LogP contribution < -0.4 is 10.1 Å². The first-order chi connectivity index (χ1) is 9.06. The summed E-state index contributed by atoms with van der Waals surface area (Å²) < 4.78 is 6.64. The molecule has 0 atom stereocenters. The number of pyridine rings is 1. The largest absolute Gasteiger partial charge is 0.473 e. The molecule has 2 aromatic heterocycles. The minimum Gasteiger partial charge on any atom is -0.473 e. The van der Waals surface area contributed by atoms with E-state index >= 15 is 0 Å². The van der Waals surface area contributed by atoms with Gasteiger partial charge >= 0.3 is 0 Å². The van der Waals surface area contributed by atoms with Crippen LogP contribution in [0, 0.1) is 2.88 Å². The van der Waals surface area contributed by atoms with Gasteiger partial charge in [0.05, 0.1) is 14.6 Å². The number of ether oxygens (including phenoxy) is 1. The lowest BCUT2D eigenvalue weighted by Crippen LogP contribution is -2.14. The van der Waals surface area contributed by atoms with E-state index in [1.54, 1.807) is 18.3 Å². The molecule has 0 aliphatic heterocycles. The molecule has 0 aromatic carbocycles. The van der Waals surface area contributed by atoms with E-state index < -0.39 is 0 Å². The van der Waals surface area contributed by atoms with Crippen molar-refractivity contribution in [1.82, 2.24) is 4.98 Å². The average Bonchev–Trinajstić information content (AvgIpc) is 2.78. The molecule has 1 N–H and O–H groups in total. The van der Waals surface area contributed by atoms with Gasteiger partial charge in [-0.1, -0.05) is 0 Å². The first kappa shape index (κ1) is 14.3. The number of carbonyl (C=O) groups is 1. The molecule has 0 saturated heterocycles. The van der Waals surface area contributed by atoms with Crippen molar-refractivity contribution in [3.8, 4) is 5.88 Å². The quantitative estimate of drug-likeness (QED) is 0.811. The van der Waals surface area contributed by atoms with Gasteiger partial charge in [0.2, 0.25) is 5.88 Å². The molecular formula is C13H13IN2O2S. The second kappa shape index (κ2) is 6.33. The molecule has 6 heteroatoms. The highest BCUT2D eigenvalue weighted by Crippen LogP contribution is 2.23. The van der Waals surface area contributed by atoms with E-state index in [0.29, 0.717) is 17.1 Å². The molecule has 0 aliphatic rings. The van der Waals surface area contributed by atoms with Gasteiger partial charge in [-0.15, -0.1) is 11.3 Å². The first-order valence-corrected chi connectivity index (χ1v) is 7.69. The third-order valence-corrected chi connectivity index (χ3v) is 3.99. The van der Waals surface area contributed by atoms with E-state index in [-0.39, 0.29) is 12.0 Å². The monoisotopic (exact) mass is 388 g/mol. The number of thiophene rings is 1. The Morgan fingerprint density at radius 3 is 2.95 bits per heavy atom. The Labute approximate surface area is 129 Å². The fourth-order valence-corrected chi connectivity index (χ4v) is 2.75. The Morgan fingerprint density at radius 1 is 1.53 bits per heavy atom. The van der Waals surface area contributed by atoms with E-state index in [2.05, 4.69) is 32.9 Å². The summed E-state index contributed by atoms with van der Waals surface area (Å²) in [4.78, 5) is 16.2. The molecule has 100 valence electrons. The Balaban J connectivity index is 2.16. The van der Waals surface area contributed by atoms with Gasteiger partial charge in [-0.3, -0.25) is 4.79 Å². The van der Waals surface area contributed by atoms with Crippen LogP contribution in [-0.4, -0.2) is 17.0 Å². The number of hydrogen-bond acceptors (Lipinski definition) is 4. The molecule has 2 heterocycles.